The van der Waals surface area contributed by atoms with Crippen molar-refractivity contribution < 1.29 is 14.6 Å². The number of anilines is 1. The van der Waals surface area contributed by atoms with Gasteiger partial charge in [0.15, 0.2) is 0 Å². The Bertz CT molecular complexity index is 584. The molecule has 18 heavy (non-hydrogen) atoms. The molecule has 1 aromatic carbocycles. The molecule has 1 aromatic heterocycles. The minimum Gasteiger partial charge on any atom is -0.507 e. The van der Waals surface area contributed by atoms with Gasteiger partial charge in [-0.15, -0.1) is 5.10 Å². The van der Waals surface area contributed by atoms with Gasteiger partial charge in [-0.05, 0) is 18.2 Å². The van der Waals surface area contributed by atoms with Crippen molar-refractivity contribution in [1.29, 1.82) is 0 Å². The Kier molecular flexibility index (Phi) is 3.47. The number of aromatic nitrogens is 3. The summed E-state index contributed by atoms with van der Waals surface area (Å²) in [6.07, 6.45) is 0. The number of aromatic amines is 1. The van der Waals surface area contributed by atoms with Gasteiger partial charge in [-0.1, -0.05) is 15.9 Å². The molecular formula is C10H9BrN4O3. The molecule has 3 N–H and O–H groups in total. The first-order valence-electron chi connectivity index (χ1n) is 4.86. The van der Waals surface area contributed by atoms with Crippen LogP contribution in [0.4, 0.5) is 5.95 Å². The molecule has 0 aliphatic heterocycles. The SMILES string of the molecule is COc1n[nH]c(NC(=O)c2cc(Br)ccc2O)n1. The van der Waals surface area contributed by atoms with E-state index in [1.807, 2.05) is 0 Å². The van der Waals surface area contributed by atoms with E-state index in [2.05, 4.69) is 36.4 Å². The smallest absolute Gasteiger partial charge is 0.336 e. The van der Waals surface area contributed by atoms with Crippen LogP contribution in [-0.4, -0.2) is 33.3 Å². The number of hydrogen-bond donors (Lipinski definition) is 3. The monoisotopic (exact) mass is 312 g/mol. The zero-order chi connectivity index (χ0) is 13.1. The van der Waals surface area contributed by atoms with Crippen molar-refractivity contribution >= 4 is 27.8 Å². The van der Waals surface area contributed by atoms with Crippen molar-refractivity contribution in [3.05, 3.63) is 28.2 Å². The highest BCUT2D eigenvalue weighted by molar-refractivity contribution is 9.10. The molecule has 0 saturated carbocycles. The fourth-order valence-electron chi connectivity index (χ4n) is 1.26. The lowest BCUT2D eigenvalue weighted by molar-refractivity contribution is 0.102. The summed E-state index contributed by atoms with van der Waals surface area (Å²) in [6, 6.07) is 4.66. The Hall–Kier alpha value is -2.09. The van der Waals surface area contributed by atoms with E-state index in [-0.39, 0.29) is 23.3 Å². The van der Waals surface area contributed by atoms with Gasteiger partial charge in [-0.2, -0.15) is 4.98 Å². The highest BCUT2D eigenvalue weighted by Gasteiger charge is 2.14. The molecule has 0 unspecified atom stereocenters. The average Bonchev–Trinajstić information content (AvgIpc) is 2.80. The van der Waals surface area contributed by atoms with Gasteiger partial charge in [0.25, 0.3) is 5.91 Å². The van der Waals surface area contributed by atoms with Gasteiger partial charge in [0, 0.05) is 4.47 Å². The molecule has 0 aliphatic rings. The summed E-state index contributed by atoms with van der Waals surface area (Å²) in [5, 5.41) is 18.2. The lowest BCUT2D eigenvalue weighted by atomic mass is 10.2. The van der Waals surface area contributed by atoms with Crippen LogP contribution in [-0.2, 0) is 0 Å². The van der Waals surface area contributed by atoms with Crippen LogP contribution in [0.1, 0.15) is 10.4 Å². The first-order valence-corrected chi connectivity index (χ1v) is 5.65. The van der Waals surface area contributed by atoms with Crippen LogP contribution in [0.3, 0.4) is 0 Å². The number of carbonyl (C=O) groups excluding carboxylic acids is 1. The minimum atomic E-state index is -0.507. The van der Waals surface area contributed by atoms with Crippen LogP contribution >= 0.6 is 15.9 Å². The van der Waals surface area contributed by atoms with E-state index in [1.54, 1.807) is 6.07 Å². The molecule has 0 aliphatic carbocycles. The van der Waals surface area contributed by atoms with Crippen LogP contribution in [0, 0.1) is 0 Å². The Balaban J connectivity index is 2.19. The number of H-pyrrole nitrogens is 1. The predicted octanol–water partition coefficient (Wildman–Crippen LogP) is 1.53. The number of methoxy groups -OCH3 is 1. The summed E-state index contributed by atoms with van der Waals surface area (Å²) < 4.78 is 5.44. The molecule has 0 spiro atoms. The molecule has 7 nitrogen and oxygen atoms in total. The van der Waals surface area contributed by atoms with Gasteiger partial charge in [0.05, 0.1) is 12.7 Å². The lowest BCUT2D eigenvalue weighted by Crippen LogP contribution is -2.13. The number of aromatic hydroxyl groups is 1. The van der Waals surface area contributed by atoms with Crippen LogP contribution in [0.2, 0.25) is 0 Å². The summed E-state index contributed by atoms with van der Waals surface area (Å²) in [6.45, 7) is 0. The summed E-state index contributed by atoms with van der Waals surface area (Å²) in [7, 11) is 1.41. The Morgan fingerprint density at radius 3 is 3.00 bits per heavy atom. The second-order valence-electron chi connectivity index (χ2n) is 3.29. The van der Waals surface area contributed by atoms with E-state index in [0.29, 0.717) is 4.47 Å². The van der Waals surface area contributed by atoms with Gasteiger partial charge < -0.3 is 9.84 Å². The summed E-state index contributed by atoms with van der Waals surface area (Å²) >= 11 is 3.22. The largest absolute Gasteiger partial charge is 0.507 e. The quantitative estimate of drug-likeness (QED) is 0.798. The van der Waals surface area contributed by atoms with Crippen LogP contribution in [0.25, 0.3) is 0 Å². The van der Waals surface area contributed by atoms with Gasteiger partial charge in [-0.3, -0.25) is 10.1 Å². The van der Waals surface area contributed by atoms with Crippen molar-refractivity contribution in [2.24, 2.45) is 0 Å². The highest BCUT2D eigenvalue weighted by Crippen LogP contribution is 2.22. The average molecular weight is 313 g/mol. The summed E-state index contributed by atoms with van der Waals surface area (Å²) in [5.74, 6) is -0.494. The molecular weight excluding hydrogens is 304 g/mol. The molecule has 2 aromatic rings. The van der Waals surface area contributed by atoms with E-state index in [1.165, 1.54) is 19.2 Å². The molecule has 0 atom stereocenters. The molecule has 0 bridgehead atoms. The summed E-state index contributed by atoms with van der Waals surface area (Å²) in [4.78, 5) is 15.7. The van der Waals surface area contributed by atoms with Gasteiger partial charge in [0.1, 0.15) is 5.75 Å². The number of phenols is 1. The number of amides is 1. The first kappa shape index (κ1) is 12.4. The van der Waals surface area contributed by atoms with Crippen LogP contribution in [0.5, 0.6) is 11.8 Å². The van der Waals surface area contributed by atoms with E-state index >= 15 is 0 Å². The van der Waals surface area contributed by atoms with Crippen LogP contribution in [0.15, 0.2) is 22.7 Å². The lowest BCUT2D eigenvalue weighted by Gasteiger charge is -2.04. The molecule has 1 heterocycles. The van der Waals surface area contributed by atoms with Crippen molar-refractivity contribution in [1.82, 2.24) is 15.2 Å². The van der Waals surface area contributed by atoms with E-state index in [9.17, 15) is 9.90 Å². The third-order valence-electron chi connectivity index (χ3n) is 2.08. The van der Waals surface area contributed by atoms with Crippen molar-refractivity contribution in [3.63, 3.8) is 0 Å². The minimum absolute atomic E-state index is 0.115. The number of hydrogen-bond acceptors (Lipinski definition) is 5. The normalized spacial score (nSPS) is 10.1. The number of carbonyl (C=O) groups is 1. The van der Waals surface area contributed by atoms with Gasteiger partial charge in [0.2, 0.25) is 5.95 Å². The third-order valence-corrected chi connectivity index (χ3v) is 2.58. The maximum absolute atomic E-state index is 11.9. The van der Waals surface area contributed by atoms with E-state index in [0.717, 1.165) is 0 Å². The fourth-order valence-corrected chi connectivity index (χ4v) is 1.62. The number of nitrogens with one attached hydrogen (secondary N) is 2. The number of ether oxygens (including phenoxy) is 1. The predicted molar refractivity (Wildman–Crippen MR) is 66.7 cm³/mol. The van der Waals surface area contributed by atoms with Crippen molar-refractivity contribution in [2.45, 2.75) is 0 Å². The van der Waals surface area contributed by atoms with Gasteiger partial charge in [-0.25, -0.2) is 5.10 Å². The van der Waals surface area contributed by atoms with Crippen LogP contribution < -0.4 is 10.1 Å². The second kappa shape index (κ2) is 5.05. The molecule has 8 heteroatoms. The standard InChI is InChI=1S/C10H9BrN4O3/c1-18-10-13-9(14-15-10)12-8(17)6-4-5(11)2-3-7(6)16/h2-4,16H,1H3,(H2,12,13,14,15,17). The van der Waals surface area contributed by atoms with Crippen molar-refractivity contribution in [3.8, 4) is 11.8 Å². The molecule has 0 fully saturated rings. The number of benzene rings is 1. The first-order chi connectivity index (χ1) is 8.60. The van der Waals surface area contributed by atoms with E-state index < -0.39 is 5.91 Å². The number of nitrogens with zero attached hydrogens (tertiary/aromatic N) is 2. The Morgan fingerprint density at radius 2 is 2.33 bits per heavy atom. The number of rotatable bonds is 3. The number of phenolic OH excluding ortho intramolecular Hbond substituents is 1. The second-order valence-corrected chi connectivity index (χ2v) is 4.20. The number of halogens is 1. The summed E-state index contributed by atoms with van der Waals surface area (Å²) in [5.41, 5.74) is 0.125. The third kappa shape index (κ3) is 2.59. The Labute approximate surface area is 110 Å². The van der Waals surface area contributed by atoms with Crippen molar-refractivity contribution in [2.75, 3.05) is 12.4 Å². The van der Waals surface area contributed by atoms with Gasteiger partial charge >= 0.3 is 6.01 Å². The zero-order valence-electron chi connectivity index (χ0n) is 9.27. The zero-order valence-corrected chi connectivity index (χ0v) is 10.9. The fraction of sp³-hybridized carbons (Fsp3) is 0.100. The maximum Gasteiger partial charge on any atom is 0.336 e. The van der Waals surface area contributed by atoms with E-state index in [4.69, 9.17) is 4.74 Å². The maximum atomic E-state index is 11.9. The Morgan fingerprint density at radius 1 is 1.56 bits per heavy atom. The topological polar surface area (TPSA) is 100 Å². The molecule has 0 saturated heterocycles. The molecule has 0 radical (unpaired) electrons. The molecule has 2 rings (SSSR count). The highest BCUT2D eigenvalue weighted by atomic mass is 79.9. The molecule has 1 amide bonds. The molecule has 94 valence electrons.